The van der Waals surface area contributed by atoms with E-state index in [4.69, 9.17) is 0 Å². The maximum absolute atomic E-state index is 2.43. The van der Waals surface area contributed by atoms with Crippen molar-refractivity contribution in [1.82, 2.24) is 0 Å². The number of unbranched alkanes of at least 4 members (excludes halogenated alkanes) is 36. The van der Waals surface area contributed by atoms with Crippen LogP contribution < -0.4 is 0 Å². The Morgan fingerprint density at radius 3 is 0.361 bits per heavy atom. The molecule has 0 aromatic carbocycles. The van der Waals surface area contributed by atoms with Crippen molar-refractivity contribution >= 4 is 31.7 Å². The minimum absolute atomic E-state index is 0. The van der Waals surface area contributed by atoms with Gasteiger partial charge in [0.15, 0.2) is 0 Å². The fraction of sp³-hybridized carbons (Fsp3) is 1.00. The molecule has 0 fully saturated rings. The van der Waals surface area contributed by atoms with Crippen LogP contribution in [0.4, 0.5) is 0 Å². The van der Waals surface area contributed by atoms with Crippen LogP contribution >= 0.6 is 31.7 Å². The van der Waals surface area contributed by atoms with Crippen LogP contribution in [-0.4, -0.2) is 78.0 Å². The van der Waals surface area contributed by atoms with E-state index >= 15 is 0 Å². The number of hydrogen-bond donors (Lipinski definition) is 0. The van der Waals surface area contributed by atoms with Crippen LogP contribution in [-0.2, 0) is 16.5 Å². The Balaban J connectivity index is -0.000000227. The van der Waals surface area contributed by atoms with E-state index in [9.17, 15) is 0 Å². The summed E-state index contributed by atoms with van der Waals surface area (Å²) in [5, 5.41) is 0. The van der Waals surface area contributed by atoms with Crippen molar-refractivity contribution in [3.05, 3.63) is 0 Å². The van der Waals surface area contributed by atoms with Crippen molar-refractivity contribution in [2.24, 2.45) is 0 Å². The Morgan fingerprint density at radius 1 is 0.164 bits per heavy atom. The molecule has 0 aromatic heterocycles. The van der Waals surface area contributed by atoms with Gasteiger partial charge in [0.25, 0.3) is 0 Å². The first kappa shape index (κ1) is 72.2. The Kier molecular flexibility index (Phi) is 81.4. The zero-order valence-electron chi connectivity index (χ0n) is 45.4. The summed E-state index contributed by atoms with van der Waals surface area (Å²) in [6.45, 7) is 28.6. The van der Waals surface area contributed by atoms with Crippen LogP contribution in [0.5, 0.6) is 0 Å². The normalized spacial score (nSPS) is 11.0. The summed E-state index contributed by atoms with van der Waals surface area (Å²) in [7, 11) is 0.233. The average Bonchev–Trinajstić information content (AvgIpc) is 3.21. The molecule has 0 nitrogen and oxygen atoms in total. The molecule has 0 aliphatic carbocycles. The molecule has 0 heterocycles. The number of hydrogen-bond acceptors (Lipinski definition) is 0. The van der Waals surface area contributed by atoms with Gasteiger partial charge in [-0.1, -0.05) is 233 Å². The van der Waals surface area contributed by atoms with Gasteiger partial charge in [0.2, 0.25) is 0 Å². The zero-order chi connectivity index (χ0) is 45.4. The fourth-order valence-corrected chi connectivity index (χ4v) is 11.7. The summed E-state index contributed by atoms with van der Waals surface area (Å²) in [6, 6.07) is 0. The average molecular weight is 984 g/mol. The van der Waals surface area contributed by atoms with E-state index in [0.29, 0.717) is 0 Å². The number of rotatable bonds is 44. The zero-order valence-corrected chi connectivity index (χ0v) is 50.4. The molecule has 5 heteroatoms. The van der Waals surface area contributed by atoms with Gasteiger partial charge in [0, 0.05) is 69.8 Å². The van der Waals surface area contributed by atoms with Crippen LogP contribution in [0.2, 0.25) is 0 Å². The van der Waals surface area contributed by atoms with Gasteiger partial charge in [-0.15, -0.1) is 0 Å². The molecule has 0 amide bonds. The summed E-state index contributed by atoms with van der Waals surface area (Å²) in [4.78, 5) is 0. The maximum atomic E-state index is 2.43. The van der Waals surface area contributed by atoms with Crippen LogP contribution in [0.3, 0.4) is 0 Å². The first-order chi connectivity index (χ1) is 29.1. The summed E-state index contributed by atoms with van der Waals surface area (Å²) < 4.78 is 0. The SMILES string of the molecule is CCCCCCCCCCCC[PH+](C)C.CCCCCCCCCCCC[PH+](C)C.CCCCCCCCCCCC[PH+](C)C.CCCCCCCCCCCC[PH+](C)C.[Ni]. The Hall–Kier alpha value is 2.21. The molecule has 0 radical (unpaired) electrons. The predicted molar refractivity (Wildman–Crippen MR) is 307 cm³/mol. The van der Waals surface area contributed by atoms with Crippen LogP contribution in [0.15, 0.2) is 0 Å². The monoisotopic (exact) mass is 983 g/mol. The van der Waals surface area contributed by atoms with Gasteiger partial charge in [-0.05, 0) is 83.1 Å². The smallest absolute Gasteiger partial charge is 0.0566 e. The van der Waals surface area contributed by atoms with E-state index in [0.717, 1.165) is 0 Å². The third-order valence-corrected chi connectivity index (χ3v) is 17.5. The van der Waals surface area contributed by atoms with Gasteiger partial charge in [-0.2, -0.15) is 0 Å². The van der Waals surface area contributed by atoms with Gasteiger partial charge in [0.05, 0.1) is 24.6 Å². The van der Waals surface area contributed by atoms with Crippen LogP contribution in [0.25, 0.3) is 0 Å². The molecule has 0 saturated heterocycles. The van der Waals surface area contributed by atoms with Crippen LogP contribution in [0, 0.1) is 0 Å². The standard InChI is InChI=1S/4C14H31P.Ni/c4*1-4-5-6-7-8-9-10-11-12-13-14-15(2)3;/h4*4-14H2,1-3H3;/p+4. The van der Waals surface area contributed by atoms with E-state index in [2.05, 4.69) is 81.0 Å². The second-order valence-electron chi connectivity index (χ2n) is 20.6. The second-order valence-corrected chi connectivity index (χ2v) is 32.2. The van der Waals surface area contributed by atoms with Crippen molar-refractivity contribution in [2.75, 3.05) is 78.0 Å². The van der Waals surface area contributed by atoms with Crippen LogP contribution in [0.1, 0.15) is 285 Å². The van der Waals surface area contributed by atoms with Gasteiger partial charge < -0.3 is 0 Å². The topological polar surface area (TPSA) is 0 Å². The van der Waals surface area contributed by atoms with E-state index in [1.807, 2.05) is 0 Å². The molecule has 61 heavy (non-hydrogen) atoms. The van der Waals surface area contributed by atoms with Crippen molar-refractivity contribution in [3.8, 4) is 0 Å². The third-order valence-electron chi connectivity index (χ3n) is 12.1. The fourth-order valence-electron chi connectivity index (χ4n) is 7.86. The summed E-state index contributed by atoms with van der Waals surface area (Å²) in [5.41, 5.74) is 0. The van der Waals surface area contributed by atoms with Crippen molar-refractivity contribution in [1.29, 1.82) is 0 Å². The minimum Gasteiger partial charge on any atom is -0.0654 e. The van der Waals surface area contributed by atoms with Gasteiger partial charge in [0.1, 0.15) is 0 Å². The summed E-state index contributed by atoms with van der Waals surface area (Å²) >= 11 is 0. The quantitative estimate of drug-likeness (QED) is 0.0324. The molecule has 0 unspecified atom stereocenters. The molecule has 378 valence electrons. The first-order valence-electron chi connectivity index (χ1n) is 28.2. The third kappa shape index (κ3) is 89.5. The van der Waals surface area contributed by atoms with Crippen molar-refractivity contribution < 1.29 is 16.5 Å². The first-order valence-corrected chi connectivity index (χ1v) is 39.1. The van der Waals surface area contributed by atoms with E-state index in [1.165, 1.54) is 281 Å². The molecule has 0 atom stereocenters. The Labute approximate surface area is 408 Å². The van der Waals surface area contributed by atoms with Gasteiger partial charge in [-0.25, -0.2) is 0 Å². The molecular weight excluding hydrogens is 855 g/mol. The van der Waals surface area contributed by atoms with Gasteiger partial charge >= 0.3 is 0 Å². The second kappa shape index (κ2) is 68.8. The predicted octanol–water partition coefficient (Wildman–Crippen LogP) is 21.5. The molecular formula is C56H128NiP4+4. The molecule has 0 spiro atoms. The molecule has 0 rings (SSSR count). The molecule has 0 aromatic rings. The van der Waals surface area contributed by atoms with E-state index < -0.39 is 0 Å². The molecule has 0 aliphatic rings. The molecule has 0 saturated carbocycles. The Morgan fingerprint density at radius 2 is 0.262 bits per heavy atom. The molecule has 0 bridgehead atoms. The summed E-state index contributed by atoms with van der Waals surface area (Å²) in [5.74, 6) is 0. The van der Waals surface area contributed by atoms with Crippen molar-refractivity contribution in [3.63, 3.8) is 0 Å². The minimum atomic E-state index is 0. The maximum Gasteiger partial charge on any atom is 0.0566 e. The van der Waals surface area contributed by atoms with E-state index in [-0.39, 0.29) is 48.2 Å². The van der Waals surface area contributed by atoms with E-state index in [1.54, 1.807) is 0 Å². The largest absolute Gasteiger partial charge is 0.0654 e. The molecule has 0 aliphatic heterocycles. The molecule has 0 N–H and O–H groups in total. The summed E-state index contributed by atoms with van der Waals surface area (Å²) in [6.07, 6.45) is 64.9. The van der Waals surface area contributed by atoms with Gasteiger partial charge in [-0.3, -0.25) is 0 Å². The Bertz CT molecular complexity index is 559. The van der Waals surface area contributed by atoms with Crippen molar-refractivity contribution in [2.45, 2.75) is 285 Å².